The molecule has 6 heteroatoms. The first-order chi connectivity index (χ1) is 12.6. The summed E-state index contributed by atoms with van der Waals surface area (Å²) in [6, 6.07) is 14.9. The average molecular weight is 437 g/mol. The molecule has 3 nitrogen and oxygen atoms in total. The van der Waals surface area contributed by atoms with Crippen LogP contribution in [0.1, 0.15) is 12.0 Å². The van der Waals surface area contributed by atoms with Gasteiger partial charge < -0.3 is 4.90 Å². The molecule has 1 fully saturated rings. The smallest absolute Gasteiger partial charge is 0.232 e. The standard InChI is InChI=1S/C20H22BrFN2OS/c21-17-6-8-18(9-7-17)26-15-20(25)24-11-3-10-23(12-13-24)14-16-4-1-2-5-19(16)22/h1-2,4-9H,3,10-15H2. The van der Waals surface area contributed by atoms with Gasteiger partial charge in [0.1, 0.15) is 5.82 Å². The van der Waals surface area contributed by atoms with Crippen molar-refractivity contribution in [2.45, 2.75) is 17.9 Å². The van der Waals surface area contributed by atoms with Crippen LogP contribution in [0.15, 0.2) is 57.9 Å². The molecule has 0 atom stereocenters. The highest BCUT2D eigenvalue weighted by atomic mass is 79.9. The van der Waals surface area contributed by atoms with Crippen molar-refractivity contribution < 1.29 is 9.18 Å². The molecule has 0 radical (unpaired) electrons. The zero-order valence-corrected chi connectivity index (χ0v) is 16.9. The molecule has 0 saturated carbocycles. The van der Waals surface area contributed by atoms with Crippen LogP contribution >= 0.6 is 27.7 Å². The largest absolute Gasteiger partial charge is 0.341 e. The second-order valence-electron chi connectivity index (χ2n) is 6.34. The van der Waals surface area contributed by atoms with E-state index in [9.17, 15) is 9.18 Å². The number of amides is 1. The highest BCUT2D eigenvalue weighted by molar-refractivity contribution is 9.10. The van der Waals surface area contributed by atoms with Gasteiger partial charge in [-0.3, -0.25) is 9.69 Å². The number of hydrogen-bond acceptors (Lipinski definition) is 3. The van der Waals surface area contributed by atoms with Crippen LogP contribution in [0.5, 0.6) is 0 Å². The molecular formula is C20H22BrFN2OS. The molecule has 3 rings (SSSR count). The van der Waals surface area contributed by atoms with Gasteiger partial charge in [-0.2, -0.15) is 0 Å². The lowest BCUT2D eigenvalue weighted by atomic mass is 10.2. The quantitative estimate of drug-likeness (QED) is 0.648. The third-order valence-corrected chi connectivity index (χ3v) is 5.99. The van der Waals surface area contributed by atoms with Crippen LogP contribution < -0.4 is 0 Å². The van der Waals surface area contributed by atoms with Crippen molar-refractivity contribution >= 4 is 33.6 Å². The minimum absolute atomic E-state index is 0.157. The number of nitrogens with zero attached hydrogens (tertiary/aromatic N) is 2. The summed E-state index contributed by atoms with van der Waals surface area (Å²) in [5.74, 6) is 0.468. The SMILES string of the molecule is O=C(CSc1ccc(Br)cc1)N1CCCN(Cc2ccccc2F)CC1. The second kappa shape index (κ2) is 9.53. The predicted octanol–water partition coefficient (Wildman–Crippen LogP) is 4.41. The minimum atomic E-state index is -0.157. The van der Waals surface area contributed by atoms with Crippen molar-refractivity contribution in [1.82, 2.24) is 9.80 Å². The molecule has 1 amide bonds. The number of thioether (sulfide) groups is 1. The second-order valence-corrected chi connectivity index (χ2v) is 8.31. The molecule has 26 heavy (non-hydrogen) atoms. The van der Waals surface area contributed by atoms with E-state index >= 15 is 0 Å². The molecule has 0 aromatic heterocycles. The van der Waals surface area contributed by atoms with Gasteiger partial charge in [-0.05, 0) is 36.8 Å². The Bertz CT molecular complexity index is 741. The number of carbonyl (C=O) groups is 1. The molecule has 0 N–H and O–H groups in total. The summed E-state index contributed by atoms with van der Waals surface area (Å²) in [5, 5.41) is 0. The predicted molar refractivity (Wildman–Crippen MR) is 108 cm³/mol. The molecule has 0 unspecified atom stereocenters. The third-order valence-electron chi connectivity index (χ3n) is 4.47. The maximum atomic E-state index is 13.8. The molecule has 2 aromatic rings. The first-order valence-electron chi connectivity index (χ1n) is 8.74. The lowest BCUT2D eigenvalue weighted by molar-refractivity contribution is -0.128. The van der Waals surface area contributed by atoms with E-state index in [-0.39, 0.29) is 11.7 Å². The fraction of sp³-hybridized carbons (Fsp3) is 0.350. The Morgan fingerprint density at radius 2 is 1.81 bits per heavy atom. The van der Waals surface area contributed by atoms with Crippen LogP contribution in [-0.2, 0) is 11.3 Å². The number of halogens is 2. The molecule has 0 aliphatic carbocycles. The van der Waals surface area contributed by atoms with E-state index in [4.69, 9.17) is 0 Å². The molecule has 2 aromatic carbocycles. The first kappa shape index (κ1) is 19.4. The lowest BCUT2D eigenvalue weighted by Crippen LogP contribution is -2.36. The fourth-order valence-corrected chi connectivity index (χ4v) is 4.08. The van der Waals surface area contributed by atoms with Crippen molar-refractivity contribution in [3.8, 4) is 0 Å². The zero-order valence-electron chi connectivity index (χ0n) is 14.5. The monoisotopic (exact) mass is 436 g/mol. The summed E-state index contributed by atoms with van der Waals surface area (Å²) in [7, 11) is 0. The highest BCUT2D eigenvalue weighted by Crippen LogP contribution is 2.21. The van der Waals surface area contributed by atoms with Gasteiger partial charge >= 0.3 is 0 Å². The molecule has 1 heterocycles. The first-order valence-corrected chi connectivity index (χ1v) is 10.5. The molecule has 0 spiro atoms. The van der Waals surface area contributed by atoms with Crippen molar-refractivity contribution in [2.24, 2.45) is 0 Å². The van der Waals surface area contributed by atoms with Gasteiger partial charge in [0.2, 0.25) is 5.91 Å². The van der Waals surface area contributed by atoms with Gasteiger partial charge in [0.25, 0.3) is 0 Å². The van der Waals surface area contributed by atoms with Crippen molar-refractivity contribution in [1.29, 1.82) is 0 Å². The Labute approximate surface area is 166 Å². The maximum Gasteiger partial charge on any atom is 0.232 e. The highest BCUT2D eigenvalue weighted by Gasteiger charge is 2.19. The Balaban J connectivity index is 1.49. The van der Waals surface area contributed by atoms with Gasteiger partial charge in [0, 0.05) is 47.7 Å². The third kappa shape index (κ3) is 5.56. The summed E-state index contributed by atoms with van der Waals surface area (Å²) in [5.41, 5.74) is 0.720. The number of carbonyl (C=O) groups excluding carboxylic acids is 1. The Hall–Kier alpha value is -1.37. The van der Waals surface area contributed by atoms with E-state index in [1.54, 1.807) is 17.8 Å². The van der Waals surface area contributed by atoms with E-state index in [1.165, 1.54) is 6.07 Å². The van der Waals surface area contributed by atoms with E-state index in [1.807, 2.05) is 41.3 Å². The van der Waals surface area contributed by atoms with Crippen LogP contribution in [0.2, 0.25) is 0 Å². The Morgan fingerprint density at radius 1 is 1.04 bits per heavy atom. The van der Waals surface area contributed by atoms with E-state index in [0.717, 1.165) is 41.0 Å². The zero-order chi connectivity index (χ0) is 18.4. The molecule has 1 saturated heterocycles. The van der Waals surface area contributed by atoms with Crippen LogP contribution in [0.25, 0.3) is 0 Å². The Morgan fingerprint density at radius 3 is 2.58 bits per heavy atom. The fourth-order valence-electron chi connectivity index (χ4n) is 3.01. The van der Waals surface area contributed by atoms with E-state index < -0.39 is 0 Å². The molecule has 1 aliphatic heterocycles. The van der Waals surface area contributed by atoms with Gasteiger partial charge in [0.05, 0.1) is 5.75 Å². The van der Waals surface area contributed by atoms with Crippen molar-refractivity contribution in [3.63, 3.8) is 0 Å². The summed E-state index contributed by atoms with van der Waals surface area (Å²) in [4.78, 5) is 17.8. The number of hydrogen-bond donors (Lipinski definition) is 0. The van der Waals surface area contributed by atoms with Crippen LogP contribution in [0, 0.1) is 5.82 Å². The summed E-state index contributed by atoms with van der Waals surface area (Å²) >= 11 is 4.99. The molecule has 138 valence electrons. The number of benzene rings is 2. The molecular weight excluding hydrogens is 415 g/mol. The summed E-state index contributed by atoms with van der Waals surface area (Å²) in [6.45, 7) is 3.74. The summed E-state index contributed by atoms with van der Waals surface area (Å²) < 4.78 is 14.9. The molecule has 1 aliphatic rings. The van der Waals surface area contributed by atoms with Crippen LogP contribution in [0.3, 0.4) is 0 Å². The van der Waals surface area contributed by atoms with Gasteiger partial charge in [-0.15, -0.1) is 11.8 Å². The van der Waals surface area contributed by atoms with Gasteiger partial charge in [-0.1, -0.05) is 34.1 Å². The van der Waals surface area contributed by atoms with Crippen LogP contribution in [-0.4, -0.2) is 47.6 Å². The van der Waals surface area contributed by atoms with Crippen molar-refractivity contribution in [3.05, 3.63) is 64.4 Å². The van der Waals surface area contributed by atoms with Crippen molar-refractivity contribution in [2.75, 3.05) is 31.9 Å². The number of rotatable bonds is 5. The topological polar surface area (TPSA) is 23.6 Å². The minimum Gasteiger partial charge on any atom is -0.341 e. The Kier molecular flexibility index (Phi) is 7.11. The van der Waals surface area contributed by atoms with E-state index in [0.29, 0.717) is 18.8 Å². The average Bonchev–Trinajstić information content (AvgIpc) is 2.89. The summed E-state index contributed by atoms with van der Waals surface area (Å²) in [6.07, 6.45) is 0.920. The van der Waals surface area contributed by atoms with Gasteiger partial charge in [0.15, 0.2) is 0 Å². The normalized spacial score (nSPS) is 15.7. The lowest BCUT2D eigenvalue weighted by Gasteiger charge is -2.22. The van der Waals surface area contributed by atoms with Crippen LogP contribution in [0.4, 0.5) is 4.39 Å². The van der Waals surface area contributed by atoms with E-state index in [2.05, 4.69) is 20.8 Å². The maximum absolute atomic E-state index is 13.8. The molecule has 0 bridgehead atoms. The van der Waals surface area contributed by atoms with Gasteiger partial charge in [-0.25, -0.2) is 4.39 Å².